The van der Waals surface area contributed by atoms with Crippen LogP contribution in [0.15, 0.2) is 48.5 Å². The van der Waals surface area contributed by atoms with Crippen LogP contribution in [-0.2, 0) is 21.7 Å². The zero-order chi connectivity index (χ0) is 25.7. The average molecular weight is 507 g/mol. The first-order valence-corrected chi connectivity index (χ1v) is 11.8. The average Bonchev–Trinajstić information content (AvgIpc) is 3.11. The minimum absolute atomic E-state index is 0. The van der Waals surface area contributed by atoms with Crippen molar-refractivity contribution in [3.8, 4) is 16.9 Å². The molecule has 0 unspecified atom stereocenters. The third-order valence-electron chi connectivity index (χ3n) is 7.67. The summed E-state index contributed by atoms with van der Waals surface area (Å²) in [4.78, 5) is 0. The zero-order valence-corrected chi connectivity index (χ0v) is 24.5. The van der Waals surface area contributed by atoms with E-state index in [0.717, 1.165) is 5.56 Å². The van der Waals surface area contributed by atoms with Crippen molar-refractivity contribution in [3.63, 3.8) is 0 Å². The number of phenols is 1. The maximum absolute atomic E-state index is 12.9. The molecule has 0 aliphatic carbocycles. The predicted octanol–water partition coefficient (Wildman–Crippen LogP) is 9.09. The van der Waals surface area contributed by atoms with E-state index in [9.17, 15) is 9.50 Å². The van der Waals surface area contributed by atoms with Crippen molar-refractivity contribution in [2.75, 3.05) is 0 Å². The fourth-order valence-electron chi connectivity index (χ4n) is 4.17. The van der Waals surface area contributed by atoms with Crippen LogP contribution < -0.4 is 0 Å². The first kappa shape index (κ1) is 30.6. The second kappa shape index (κ2) is 13.0. The number of halogens is 1. The summed E-state index contributed by atoms with van der Waals surface area (Å²) in [6, 6.07) is 13.1. The standard InChI is InChI=1S/C12H9FO.2C10H15.Ti/c13-10-6-7-12(14)11(8-10)9-4-2-1-3-5-9;2*1-6-7(2)9(4)10(5)8(6)3;/h1-8,14H;2*1-5H3;/q;2*-1;+3. The van der Waals surface area contributed by atoms with Crippen molar-refractivity contribution in [2.45, 2.75) is 69.2 Å². The maximum atomic E-state index is 12.9. The molecule has 0 fully saturated rings. The summed E-state index contributed by atoms with van der Waals surface area (Å²) in [6.07, 6.45) is 0. The summed E-state index contributed by atoms with van der Waals surface area (Å²) in [6.45, 7) is 22.0. The first-order chi connectivity index (χ1) is 15.9. The van der Waals surface area contributed by atoms with Crippen LogP contribution in [-0.4, -0.2) is 5.11 Å². The number of hydrogen-bond donors (Lipinski definition) is 1. The molecule has 3 heteroatoms. The van der Waals surface area contributed by atoms with E-state index >= 15 is 0 Å². The predicted molar refractivity (Wildman–Crippen MR) is 145 cm³/mol. The van der Waals surface area contributed by atoms with Crippen molar-refractivity contribution >= 4 is 0 Å². The molecule has 4 aromatic carbocycles. The van der Waals surface area contributed by atoms with E-state index < -0.39 is 0 Å². The van der Waals surface area contributed by atoms with Gasteiger partial charge in [-0.3, -0.25) is 0 Å². The van der Waals surface area contributed by atoms with E-state index in [-0.39, 0.29) is 33.3 Å². The molecule has 0 bridgehead atoms. The smallest absolute Gasteiger partial charge is 0.507 e. The molecule has 0 amide bonds. The van der Waals surface area contributed by atoms with Gasteiger partial charge in [0, 0.05) is 5.56 Å². The van der Waals surface area contributed by atoms with Gasteiger partial charge in [0.1, 0.15) is 11.6 Å². The molecule has 1 radical (unpaired) electrons. The normalized spacial score (nSPS) is 10.0. The van der Waals surface area contributed by atoms with E-state index in [1.165, 1.54) is 73.8 Å². The van der Waals surface area contributed by atoms with Crippen LogP contribution in [0.3, 0.4) is 0 Å². The number of aromatic hydroxyl groups is 1. The van der Waals surface area contributed by atoms with Gasteiger partial charge in [0.15, 0.2) is 0 Å². The van der Waals surface area contributed by atoms with E-state index in [4.69, 9.17) is 0 Å². The molecule has 1 N–H and O–H groups in total. The maximum Gasteiger partial charge on any atom is 3.00 e. The van der Waals surface area contributed by atoms with Crippen molar-refractivity contribution in [1.82, 2.24) is 0 Å². The van der Waals surface area contributed by atoms with Gasteiger partial charge in [-0.05, 0) is 23.8 Å². The van der Waals surface area contributed by atoms with Gasteiger partial charge < -0.3 is 5.11 Å². The first-order valence-electron chi connectivity index (χ1n) is 11.8. The minimum atomic E-state index is -0.346. The van der Waals surface area contributed by atoms with Gasteiger partial charge in [-0.15, -0.1) is 0 Å². The van der Waals surface area contributed by atoms with Crippen LogP contribution in [0, 0.1) is 75.1 Å². The molecule has 0 saturated heterocycles. The Morgan fingerprint density at radius 2 is 0.971 bits per heavy atom. The van der Waals surface area contributed by atoms with Gasteiger partial charge in [-0.1, -0.05) is 99.6 Å². The fourth-order valence-corrected chi connectivity index (χ4v) is 4.17. The van der Waals surface area contributed by atoms with Crippen LogP contribution in [0.1, 0.15) is 55.6 Å². The number of hydrogen-bond acceptors (Lipinski definition) is 1. The largest absolute Gasteiger partial charge is 3.00 e. The Kier molecular flexibility index (Phi) is 11.4. The Labute approximate surface area is 226 Å². The topological polar surface area (TPSA) is 20.2 Å². The van der Waals surface area contributed by atoms with Crippen LogP contribution >= 0.6 is 0 Å². The molecule has 35 heavy (non-hydrogen) atoms. The molecule has 0 aliphatic rings. The fraction of sp³-hybridized carbons (Fsp3) is 0.312. The molecule has 0 heterocycles. The van der Waals surface area contributed by atoms with E-state index in [1.807, 2.05) is 30.3 Å². The Morgan fingerprint density at radius 1 is 0.600 bits per heavy atom. The van der Waals surface area contributed by atoms with Crippen molar-refractivity contribution in [3.05, 3.63) is 110 Å². The second-order valence-corrected chi connectivity index (χ2v) is 9.28. The minimum Gasteiger partial charge on any atom is -0.507 e. The SMILES string of the molecule is Cc1c(C)c(C)[c-](C)c1C.Cc1c(C)c(C)[c-](C)c1C.Oc1ccc(F)cc1-c1ccccc1.[Ti+3]. The van der Waals surface area contributed by atoms with Crippen LogP contribution in [0.4, 0.5) is 4.39 Å². The zero-order valence-electron chi connectivity index (χ0n) is 22.9. The number of phenolic OH excluding ortho intramolecular Hbond substituents is 1. The summed E-state index contributed by atoms with van der Waals surface area (Å²) in [7, 11) is 0. The molecule has 0 saturated carbocycles. The molecule has 0 aromatic heterocycles. The summed E-state index contributed by atoms with van der Waals surface area (Å²) >= 11 is 0. The van der Waals surface area contributed by atoms with Gasteiger partial charge in [0.05, 0.1) is 0 Å². The summed E-state index contributed by atoms with van der Waals surface area (Å²) in [5.74, 6) is -0.251. The van der Waals surface area contributed by atoms with E-state index in [1.54, 1.807) is 0 Å². The summed E-state index contributed by atoms with van der Waals surface area (Å²) in [5, 5.41) is 9.52. The Balaban J connectivity index is 0.000000265. The number of rotatable bonds is 1. The van der Waals surface area contributed by atoms with Crippen LogP contribution in [0.5, 0.6) is 5.75 Å². The van der Waals surface area contributed by atoms with Gasteiger partial charge in [-0.25, -0.2) is 4.39 Å². The van der Waals surface area contributed by atoms with Crippen molar-refractivity contribution < 1.29 is 31.2 Å². The molecule has 1 nitrogen and oxygen atoms in total. The Morgan fingerprint density at radius 3 is 1.29 bits per heavy atom. The van der Waals surface area contributed by atoms with Crippen LogP contribution in [0.2, 0.25) is 0 Å². The van der Waals surface area contributed by atoms with E-state index in [2.05, 4.69) is 69.2 Å². The monoisotopic (exact) mass is 506 g/mol. The van der Waals surface area contributed by atoms with Gasteiger partial charge >= 0.3 is 21.7 Å². The van der Waals surface area contributed by atoms with Crippen molar-refractivity contribution in [2.24, 2.45) is 0 Å². The van der Waals surface area contributed by atoms with Gasteiger partial charge in [0.25, 0.3) is 0 Å². The third kappa shape index (κ3) is 7.06. The van der Waals surface area contributed by atoms with Gasteiger partial charge in [0.2, 0.25) is 0 Å². The third-order valence-corrected chi connectivity index (χ3v) is 7.67. The van der Waals surface area contributed by atoms with E-state index in [0.29, 0.717) is 5.56 Å². The summed E-state index contributed by atoms with van der Waals surface area (Å²) < 4.78 is 12.9. The molecular weight excluding hydrogens is 467 g/mol. The van der Waals surface area contributed by atoms with Crippen LogP contribution in [0.25, 0.3) is 11.1 Å². The Bertz CT molecular complexity index is 1040. The second-order valence-electron chi connectivity index (χ2n) is 9.28. The molecule has 0 spiro atoms. The molecule has 183 valence electrons. The number of benzene rings is 2. The molecule has 4 aromatic rings. The molecule has 0 atom stereocenters. The summed E-state index contributed by atoms with van der Waals surface area (Å²) in [5.41, 5.74) is 16.0. The molecular formula is C32H39FOTi+. The quantitative estimate of drug-likeness (QED) is 0.202. The Hall–Kier alpha value is -2.42. The molecule has 0 aliphatic heterocycles. The molecule has 4 rings (SSSR count). The van der Waals surface area contributed by atoms with Crippen molar-refractivity contribution in [1.29, 1.82) is 0 Å². The van der Waals surface area contributed by atoms with Gasteiger partial charge in [-0.2, -0.15) is 55.6 Å².